The molecular weight excluding hydrogens is 378 g/mol. The van der Waals surface area contributed by atoms with Crippen LogP contribution in [0.25, 0.3) is 23.0 Å². The van der Waals surface area contributed by atoms with E-state index in [1.165, 1.54) is 6.08 Å². The van der Waals surface area contributed by atoms with Crippen LogP contribution < -0.4 is 5.32 Å². The summed E-state index contributed by atoms with van der Waals surface area (Å²) in [5.74, 6) is 1.20. The van der Waals surface area contributed by atoms with Crippen molar-refractivity contribution in [2.24, 2.45) is 0 Å². The number of carbonyl (C=O) groups excluding carboxylic acids is 2. The van der Waals surface area contributed by atoms with Crippen LogP contribution >= 0.6 is 0 Å². The molecule has 2 aromatic carbocycles. The highest BCUT2D eigenvalue weighted by Gasteiger charge is 2.11. The minimum atomic E-state index is -0.631. The number of nitrogens with zero attached hydrogens (tertiary/aromatic N) is 2. The number of ether oxygens (including phenoxy) is 1. The maximum absolute atomic E-state index is 12.0. The molecule has 1 N–H and O–H groups in total. The van der Waals surface area contributed by atoms with Crippen molar-refractivity contribution in [1.29, 1.82) is 0 Å². The zero-order valence-corrected chi connectivity index (χ0v) is 16.5. The molecule has 6 heteroatoms. The van der Waals surface area contributed by atoms with Crippen molar-refractivity contribution < 1.29 is 14.3 Å². The monoisotopic (exact) mass is 399 g/mol. The molecule has 0 spiro atoms. The van der Waals surface area contributed by atoms with Gasteiger partial charge in [-0.1, -0.05) is 53.9 Å². The predicted octanol–water partition coefficient (Wildman–Crippen LogP) is 3.15. The number of hydrogen-bond acceptors (Lipinski definition) is 4. The fourth-order valence-electron chi connectivity index (χ4n) is 2.70. The lowest BCUT2D eigenvalue weighted by atomic mass is 10.1. The smallest absolute Gasteiger partial charge is 0.331 e. The van der Waals surface area contributed by atoms with E-state index in [-0.39, 0.29) is 13.2 Å². The minimum absolute atomic E-state index is 0.0881. The fraction of sp³-hybridized carbons (Fsp3) is 0.125. The molecular formula is C24H21N3O3. The van der Waals surface area contributed by atoms with Crippen LogP contribution in [0.4, 0.5) is 0 Å². The fourth-order valence-corrected chi connectivity index (χ4v) is 2.70. The van der Waals surface area contributed by atoms with Crippen LogP contribution in [0.1, 0.15) is 11.1 Å². The van der Waals surface area contributed by atoms with Crippen molar-refractivity contribution in [2.45, 2.75) is 6.92 Å². The molecule has 0 saturated heterocycles. The topological polar surface area (TPSA) is 73.2 Å². The van der Waals surface area contributed by atoms with Gasteiger partial charge >= 0.3 is 5.97 Å². The minimum Gasteiger partial charge on any atom is -0.452 e. The third-order valence-electron chi connectivity index (χ3n) is 4.22. The molecule has 0 radical (unpaired) electrons. The molecule has 0 fully saturated rings. The van der Waals surface area contributed by atoms with Crippen LogP contribution in [0.15, 0.2) is 66.9 Å². The lowest BCUT2D eigenvalue weighted by Crippen LogP contribution is -2.28. The van der Waals surface area contributed by atoms with E-state index in [0.717, 1.165) is 28.1 Å². The first-order valence-corrected chi connectivity index (χ1v) is 9.34. The van der Waals surface area contributed by atoms with Crippen LogP contribution in [0, 0.1) is 19.3 Å². The van der Waals surface area contributed by atoms with Crippen molar-refractivity contribution in [2.75, 3.05) is 13.2 Å². The number of aromatic nitrogens is 2. The Kier molecular flexibility index (Phi) is 6.80. The highest BCUT2D eigenvalue weighted by atomic mass is 16.5. The zero-order valence-electron chi connectivity index (χ0n) is 16.5. The van der Waals surface area contributed by atoms with Crippen LogP contribution in [0.3, 0.4) is 0 Å². The highest BCUT2D eigenvalue weighted by molar-refractivity contribution is 5.90. The van der Waals surface area contributed by atoms with Crippen LogP contribution in [-0.4, -0.2) is 34.8 Å². The van der Waals surface area contributed by atoms with E-state index in [9.17, 15) is 9.59 Å². The summed E-state index contributed by atoms with van der Waals surface area (Å²) >= 11 is 0. The standard InChI is InChI=1S/C24H21N3O3/c1-3-15-25-22(28)17-30-23(29)14-13-20-16-27(21-7-5-4-6-8-21)26-24(20)19-11-9-18(2)10-12-19/h1,4-14,16H,15,17H2,2H3,(H,25,28)/b14-13+. The van der Waals surface area contributed by atoms with Crippen LogP contribution in [-0.2, 0) is 14.3 Å². The van der Waals surface area contributed by atoms with Gasteiger partial charge < -0.3 is 10.1 Å². The molecule has 3 rings (SSSR count). The van der Waals surface area contributed by atoms with Gasteiger partial charge in [-0.15, -0.1) is 6.42 Å². The lowest BCUT2D eigenvalue weighted by Gasteiger charge is -2.02. The average Bonchev–Trinajstić information content (AvgIpc) is 3.20. The number of benzene rings is 2. The van der Waals surface area contributed by atoms with Gasteiger partial charge in [-0.25, -0.2) is 9.48 Å². The summed E-state index contributed by atoms with van der Waals surface area (Å²) in [6.07, 6.45) is 9.81. The van der Waals surface area contributed by atoms with Gasteiger partial charge in [0.05, 0.1) is 17.9 Å². The van der Waals surface area contributed by atoms with Crippen LogP contribution in [0.2, 0.25) is 0 Å². The molecule has 30 heavy (non-hydrogen) atoms. The number of esters is 1. The first kappa shape index (κ1) is 20.6. The molecule has 150 valence electrons. The van der Waals surface area contributed by atoms with E-state index in [1.807, 2.05) is 67.7 Å². The second-order valence-corrected chi connectivity index (χ2v) is 6.50. The highest BCUT2D eigenvalue weighted by Crippen LogP contribution is 2.25. The first-order chi connectivity index (χ1) is 14.6. The molecule has 1 aromatic heterocycles. The Labute approximate surface area is 175 Å². The summed E-state index contributed by atoms with van der Waals surface area (Å²) in [6.45, 7) is 1.71. The van der Waals surface area contributed by atoms with E-state index in [2.05, 4.69) is 11.2 Å². The number of terminal acetylenes is 1. The van der Waals surface area contributed by atoms with Gasteiger partial charge in [0, 0.05) is 23.4 Å². The number of aryl methyl sites for hydroxylation is 1. The second-order valence-electron chi connectivity index (χ2n) is 6.50. The summed E-state index contributed by atoms with van der Waals surface area (Å²) in [5.41, 5.74) is 4.45. The quantitative estimate of drug-likeness (QED) is 0.376. The first-order valence-electron chi connectivity index (χ1n) is 9.34. The summed E-state index contributed by atoms with van der Waals surface area (Å²) in [4.78, 5) is 23.5. The van der Waals surface area contributed by atoms with Gasteiger partial charge in [0.1, 0.15) is 0 Å². The van der Waals surface area contributed by atoms with Crippen molar-refractivity contribution in [3.8, 4) is 29.3 Å². The number of hydrogen-bond donors (Lipinski definition) is 1. The van der Waals surface area contributed by atoms with E-state index in [1.54, 1.807) is 10.8 Å². The molecule has 0 bridgehead atoms. The number of para-hydroxylation sites is 1. The Morgan fingerprint density at radius 3 is 2.60 bits per heavy atom. The molecule has 0 unspecified atom stereocenters. The SMILES string of the molecule is C#CCNC(=O)COC(=O)/C=C/c1cn(-c2ccccc2)nc1-c1ccc(C)cc1. The maximum atomic E-state index is 12.0. The zero-order chi connectivity index (χ0) is 21.3. The molecule has 1 heterocycles. The Hall–Kier alpha value is -4.11. The summed E-state index contributed by atoms with van der Waals surface area (Å²) in [5, 5.41) is 7.13. The van der Waals surface area contributed by atoms with E-state index in [4.69, 9.17) is 16.3 Å². The van der Waals surface area contributed by atoms with Gasteiger partial charge in [0.15, 0.2) is 6.61 Å². The van der Waals surface area contributed by atoms with E-state index >= 15 is 0 Å². The molecule has 1 amide bonds. The number of rotatable bonds is 7. The van der Waals surface area contributed by atoms with Crippen molar-refractivity contribution in [3.63, 3.8) is 0 Å². The second kappa shape index (κ2) is 9.89. The van der Waals surface area contributed by atoms with Gasteiger partial charge in [0.25, 0.3) is 5.91 Å². The van der Waals surface area contributed by atoms with Crippen molar-refractivity contribution >= 4 is 18.0 Å². The van der Waals surface area contributed by atoms with Crippen LogP contribution in [0.5, 0.6) is 0 Å². The lowest BCUT2D eigenvalue weighted by molar-refractivity contribution is -0.143. The van der Waals surface area contributed by atoms with E-state index in [0.29, 0.717) is 0 Å². The molecule has 0 atom stereocenters. The van der Waals surface area contributed by atoms with Gasteiger partial charge in [0.2, 0.25) is 0 Å². The molecule has 0 aliphatic heterocycles. The summed E-state index contributed by atoms with van der Waals surface area (Å²) in [6, 6.07) is 17.7. The summed E-state index contributed by atoms with van der Waals surface area (Å²) < 4.78 is 6.70. The Morgan fingerprint density at radius 1 is 1.17 bits per heavy atom. The number of nitrogens with one attached hydrogen (secondary N) is 1. The average molecular weight is 399 g/mol. The Morgan fingerprint density at radius 2 is 1.90 bits per heavy atom. The third-order valence-corrected chi connectivity index (χ3v) is 4.22. The maximum Gasteiger partial charge on any atom is 0.331 e. The Bertz CT molecular complexity index is 1090. The Balaban J connectivity index is 1.82. The molecule has 3 aromatic rings. The van der Waals surface area contributed by atoms with Gasteiger partial charge in [-0.3, -0.25) is 4.79 Å². The number of amides is 1. The largest absolute Gasteiger partial charge is 0.452 e. The molecule has 0 aliphatic rings. The third kappa shape index (κ3) is 5.46. The normalized spacial score (nSPS) is 10.5. The van der Waals surface area contributed by atoms with Gasteiger partial charge in [-0.05, 0) is 25.1 Å². The predicted molar refractivity (Wildman–Crippen MR) is 116 cm³/mol. The molecule has 0 aliphatic carbocycles. The van der Waals surface area contributed by atoms with Crippen molar-refractivity contribution in [3.05, 3.63) is 78.0 Å². The van der Waals surface area contributed by atoms with E-state index < -0.39 is 11.9 Å². The van der Waals surface area contributed by atoms with Crippen molar-refractivity contribution in [1.82, 2.24) is 15.1 Å². The summed E-state index contributed by atoms with van der Waals surface area (Å²) in [7, 11) is 0. The number of carbonyl (C=O) groups is 2. The molecule has 0 saturated carbocycles. The molecule has 6 nitrogen and oxygen atoms in total. The van der Waals surface area contributed by atoms with Gasteiger partial charge in [-0.2, -0.15) is 5.10 Å².